The average molecular weight is 399 g/mol. The molecule has 9 heteroatoms. The van der Waals surface area contributed by atoms with E-state index in [0.717, 1.165) is 43.9 Å². The predicted molar refractivity (Wildman–Crippen MR) is 100 cm³/mol. The molecule has 0 aromatic carbocycles. The molecule has 0 unspecified atom stereocenters. The molecule has 2 bridgehead atoms. The Labute approximate surface area is 158 Å². The van der Waals surface area contributed by atoms with E-state index in [1.807, 2.05) is 16.5 Å². The lowest BCUT2D eigenvalue weighted by atomic mass is 9.72. The maximum Gasteiger partial charge on any atom is 0.223 e. The SMILES string of the molecule is CS(=O)(=O)NC[C@H]1[C@H]2C[C@H](CN(Cc3nccs3)C2)[C@@H]2CCCC(=O)N21. The molecular weight excluding hydrogens is 372 g/mol. The molecule has 3 aliphatic heterocycles. The van der Waals surface area contributed by atoms with Crippen LogP contribution in [0, 0.1) is 11.8 Å². The van der Waals surface area contributed by atoms with Crippen molar-refractivity contribution in [2.75, 3.05) is 25.9 Å². The summed E-state index contributed by atoms with van der Waals surface area (Å²) in [6, 6.07) is 0.204. The van der Waals surface area contributed by atoms with Gasteiger partial charge in [-0.2, -0.15) is 0 Å². The quantitative estimate of drug-likeness (QED) is 0.797. The molecule has 0 aliphatic carbocycles. The Kier molecular flexibility index (Phi) is 5.06. The van der Waals surface area contributed by atoms with Crippen LogP contribution in [-0.2, 0) is 21.4 Å². The second-order valence-corrected chi connectivity index (χ2v) is 10.6. The molecule has 3 saturated heterocycles. The third-order valence-corrected chi connectivity index (χ3v) is 7.42. The lowest BCUT2D eigenvalue weighted by Crippen LogP contribution is -2.66. The summed E-state index contributed by atoms with van der Waals surface area (Å²) in [5.41, 5.74) is 0. The number of carbonyl (C=O) groups is 1. The topological polar surface area (TPSA) is 82.6 Å². The molecule has 144 valence electrons. The van der Waals surface area contributed by atoms with E-state index in [4.69, 9.17) is 0 Å². The summed E-state index contributed by atoms with van der Waals surface area (Å²) >= 11 is 1.67. The Balaban J connectivity index is 1.55. The Morgan fingerprint density at radius 1 is 1.35 bits per heavy atom. The van der Waals surface area contributed by atoms with Crippen LogP contribution in [0.3, 0.4) is 0 Å². The first-order valence-electron chi connectivity index (χ1n) is 9.27. The third kappa shape index (κ3) is 3.81. The first kappa shape index (κ1) is 18.3. The highest BCUT2D eigenvalue weighted by atomic mass is 32.2. The van der Waals surface area contributed by atoms with Crippen molar-refractivity contribution in [2.24, 2.45) is 11.8 Å². The van der Waals surface area contributed by atoms with E-state index < -0.39 is 10.0 Å². The zero-order chi connectivity index (χ0) is 18.3. The molecule has 0 saturated carbocycles. The van der Waals surface area contributed by atoms with Gasteiger partial charge in [0.2, 0.25) is 15.9 Å². The maximum atomic E-state index is 12.7. The van der Waals surface area contributed by atoms with Gasteiger partial charge in [0, 0.05) is 49.7 Å². The number of thiazole rings is 1. The van der Waals surface area contributed by atoms with Gasteiger partial charge in [-0.15, -0.1) is 11.3 Å². The van der Waals surface area contributed by atoms with Gasteiger partial charge in [0.15, 0.2) is 0 Å². The van der Waals surface area contributed by atoms with Crippen LogP contribution < -0.4 is 4.72 Å². The molecule has 4 heterocycles. The smallest absolute Gasteiger partial charge is 0.223 e. The van der Waals surface area contributed by atoms with Crippen LogP contribution in [-0.4, -0.2) is 67.1 Å². The minimum atomic E-state index is -3.27. The number of likely N-dealkylation sites (tertiary alicyclic amines) is 1. The predicted octanol–water partition coefficient (Wildman–Crippen LogP) is 0.894. The lowest BCUT2D eigenvalue weighted by molar-refractivity contribution is -0.152. The monoisotopic (exact) mass is 398 g/mol. The number of rotatable bonds is 5. The van der Waals surface area contributed by atoms with Crippen LogP contribution in [0.1, 0.15) is 30.7 Å². The summed E-state index contributed by atoms with van der Waals surface area (Å²) in [4.78, 5) is 21.6. The van der Waals surface area contributed by atoms with E-state index in [1.165, 1.54) is 6.26 Å². The molecule has 1 amide bonds. The number of fused-ring (bicyclic) bond motifs is 4. The van der Waals surface area contributed by atoms with E-state index in [2.05, 4.69) is 14.6 Å². The normalized spacial score (nSPS) is 32.5. The van der Waals surface area contributed by atoms with Crippen molar-refractivity contribution in [1.29, 1.82) is 0 Å². The van der Waals surface area contributed by atoms with E-state index in [0.29, 0.717) is 24.8 Å². The van der Waals surface area contributed by atoms with Crippen molar-refractivity contribution < 1.29 is 13.2 Å². The number of nitrogens with zero attached hydrogens (tertiary/aromatic N) is 3. The van der Waals surface area contributed by atoms with Crippen molar-refractivity contribution in [3.8, 4) is 0 Å². The molecule has 0 spiro atoms. The molecule has 4 rings (SSSR count). The highest BCUT2D eigenvalue weighted by molar-refractivity contribution is 7.88. The summed E-state index contributed by atoms with van der Waals surface area (Å²) in [6.07, 6.45) is 6.67. The van der Waals surface area contributed by atoms with Crippen LogP contribution in [0.5, 0.6) is 0 Å². The van der Waals surface area contributed by atoms with Crippen LogP contribution in [0.25, 0.3) is 0 Å². The molecule has 1 aromatic rings. The number of aromatic nitrogens is 1. The molecule has 4 atom stereocenters. The number of hydrogen-bond acceptors (Lipinski definition) is 6. The first-order valence-corrected chi connectivity index (χ1v) is 12.0. The number of hydrogen-bond donors (Lipinski definition) is 1. The molecule has 26 heavy (non-hydrogen) atoms. The number of piperidine rings is 3. The van der Waals surface area contributed by atoms with Gasteiger partial charge in [0.25, 0.3) is 0 Å². The minimum absolute atomic E-state index is 0.0436. The van der Waals surface area contributed by atoms with Gasteiger partial charge in [0.1, 0.15) is 5.01 Å². The first-order chi connectivity index (χ1) is 12.4. The van der Waals surface area contributed by atoms with Crippen LogP contribution in [0.2, 0.25) is 0 Å². The Bertz CT molecular complexity index is 752. The van der Waals surface area contributed by atoms with Gasteiger partial charge in [-0.1, -0.05) is 0 Å². The van der Waals surface area contributed by atoms with Gasteiger partial charge >= 0.3 is 0 Å². The number of sulfonamides is 1. The minimum Gasteiger partial charge on any atom is -0.335 e. The summed E-state index contributed by atoms with van der Waals surface area (Å²) in [5, 5.41) is 3.12. The van der Waals surface area contributed by atoms with E-state index in [9.17, 15) is 13.2 Å². The van der Waals surface area contributed by atoms with E-state index in [-0.39, 0.29) is 18.0 Å². The van der Waals surface area contributed by atoms with E-state index >= 15 is 0 Å². The third-order valence-electron chi connectivity index (χ3n) is 5.97. The molecule has 3 fully saturated rings. The Morgan fingerprint density at radius 2 is 2.15 bits per heavy atom. The summed E-state index contributed by atoms with van der Waals surface area (Å²) in [6.45, 7) is 3.06. The Hall–Kier alpha value is -1.03. The average Bonchev–Trinajstić information content (AvgIpc) is 3.07. The highest BCUT2D eigenvalue weighted by Gasteiger charge is 2.49. The van der Waals surface area contributed by atoms with Crippen molar-refractivity contribution in [3.63, 3.8) is 0 Å². The van der Waals surface area contributed by atoms with Crippen molar-refractivity contribution in [3.05, 3.63) is 16.6 Å². The van der Waals surface area contributed by atoms with Crippen molar-refractivity contribution in [2.45, 2.75) is 44.3 Å². The molecule has 1 N–H and O–H groups in total. The highest BCUT2D eigenvalue weighted by Crippen LogP contribution is 2.41. The fraction of sp³-hybridized carbons (Fsp3) is 0.765. The van der Waals surface area contributed by atoms with Gasteiger partial charge in [-0.3, -0.25) is 9.69 Å². The van der Waals surface area contributed by atoms with Crippen molar-refractivity contribution >= 4 is 27.3 Å². The zero-order valence-electron chi connectivity index (χ0n) is 15.0. The largest absolute Gasteiger partial charge is 0.335 e. The molecular formula is C17H26N4O3S2. The maximum absolute atomic E-state index is 12.7. The second-order valence-electron chi connectivity index (χ2n) is 7.82. The molecule has 0 radical (unpaired) electrons. The summed E-state index contributed by atoms with van der Waals surface area (Å²) in [7, 11) is -3.27. The van der Waals surface area contributed by atoms with Gasteiger partial charge in [0.05, 0.1) is 12.8 Å². The van der Waals surface area contributed by atoms with Crippen molar-refractivity contribution in [1.82, 2.24) is 19.5 Å². The van der Waals surface area contributed by atoms with E-state index in [1.54, 1.807) is 11.3 Å². The van der Waals surface area contributed by atoms with Gasteiger partial charge in [-0.25, -0.2) is 18.1 Å². The molecule has 1 aromatic heterocycles. The van der Waals surface area contributed by atoms with Crippen LogP contribution >= 0.6 is 11.3 Å². The summed E-state index contributed by atoms with van der Waals surface area (Å²) in [5.74, 6) is 0.985. The van der Waals surface area contributed by atoms with Crippen LogP contribution in [0.4, 0.5) is 0 Å². The van der Waals surface area contributed by atoms with Crippen LogP contribution in [0.15, 0.2) is 11.6 Å². The summed E-state index contributed by atoms with van der Waals surface area (Å²) < 4.78 is 25.9. The Morgan fingerprint density at radius 3 is 2.88 bits per heavy atom. The molecule has 7 nitrogen and oxygen atoms in total. The number of amides is 1. The van der Waals surface area contributed by atoms with Gasteiger partial charge in [-0.05, 0) is 31.1 Å². The fourth-order valence-electron chi connectivity index (χ4n) is 5.02. The standard InChI is InChI=1S/C17H26N4O3S2/c1-26(23,24)19-8-15-13-7-12(14-3-2-4-17(22)21(14)15)9-20(10-13)11-16-18-5-6-25-16/h5-6,12-15,19H,2-4,7-11H2,1H3/t12-,13+,14+,15+/m1/s1. The molecule has 3 aliphatic rings. The second kappa shape index (κ2) is 7.18. The lowest BCUT2D eigenvalue weighted by Gasteiger charge is -2.56. The number of nitrogens with one attached hydrogen (secondary N) is 1. The zero-order valence-corrected chi connectivity index (χ0v) is 16.6. The van der Waals surface area contributed by atoms with Gasteiger partial charge < -0.3 is 4.90 Å². The fourth-order valence-corrected chi connectivity index (χ4v) is 6.15. The number of carbonyl (C=O) groups excluding carboxylic acids is 1.